The lowest BCUT2D eigenvalue weighted by Crippen LogP contribution is -2.33. The number of nitrogens with zero attached hydrogens (tertiary/aromatic N) is 1. The first-order valence-electron chi connectivity index (χ1n) is 8.30. The third kappa shape index (κ3) is 5.04. The van der Waals surface area contributed by atoms with Gasteiger partial charge in [-0.1, -0.05) is 36.7 Å². The molecule has 1 heterocycles. The van der Waals surface area contributed by atoms with E-state index in [1.165, 1.54) is 0 Å². The summed E-state index contributed by atoms with van der Waals surface area (Å²) >= 11 is 6.30. The van der Waals surface area contributed by atoms with Crippen molar-refractivity contribution in [2.45, 2.75) is 32.8 Å². The van der Waals surface area contributed by atoms with Crippen LogP contribution in [0.15, 0.2) is 24.3 Å². The van der Waals surface area contributed by atoms with Gasteiger partial charge in [0.2, 0.25) is 0 Å². The Balaban J connectivity index is 2.42. The van der Waals surface area contributed by atoms with Gasteiger partial charge in [-0.15, -0.1) is 0 Å². The van der Waals surface area contributed by atoms with Gasteiger partial charge in [0.25, 0.3) is 5.91 Å². The minimum atomic E-state index is -0.885. The van der Waals surface area contributed by atoms with Gasteiger partial charge in [-0.05, 0) is 26.3 Å². The third-order valence-corrected chi connectivity index (χ3v) is 4.23. The molecular formula is C18H24ClN3O3. The zero-order valence-corrected chi connectivity index (χ0v) is 15.5. The molecule has 1 aromatic carbocycles. The van der Waals surface area contributed by atoms with Crippen LogP contribution in [0.25, 0.3) is 10.9 Å². The van der Waals surface area contributed by atoms with E-state index in [4.69, 9.17) is 16.3 Å². The molecule has 0 aliphatic carbocycles. The monoisotopic (exact) mass is 365 g/mol. The highest BCUT2D eigenvalue weighted by molar-refractivity contribution is 6.34. The highest BCUT2D eigenvalue weighted by Crippen LogP contribution is 2.36. The molecule has 136 valence electrons. The molecule has 0 spiro atoms. The Morgan fingerprint density at radius 2 is 2.04 bits per heavy atom. The number of halogens is 1. The summed E-state index contributed by atoms with van der Waals surface area (Å²) in [4.78, 5) is 16.4. The number of rotatable bonds is 8. The Hall–Kier alpha value is -1.89. The molecule has 1 atom stereocenters. The van der Waals surface area contributed by atoms with Gasteiger partial charge >= 0.3 is 0 Å². The number of anilines is 2. The topological polar surface area (TPSA) is 83.5 Å². The molecule has 0 aliphatic rings. The van der Waals surface area contributed by atoms with Crippen LogP contribution in [0.1, 0.15) is 27.2 Å². The minimum absolute atomic E-state index is 0.0637. The van der Waals surface area contributed by atoms with Crippen LogP contribution in [-0.2, 0) is 9.53 Å². The summed E-state index contributed by atoms with van der Waals surface area (Å²) < 4.78 is 5.13. The smallest absolute Gasteiger partial charge is 0.250 e. The molecule has 0 saturated carbocycles. The summed E-state index contributed by atoms with van der Waals surface area (Å²) in [7, 11) is 0. The summed E-state index contributed by atoms with van der Waals surface area (Å²) in [6.45, 7) is 6.16. The summed E-state index contributed by atoms with van der Waals surface area (Å²) in [6.07, 6.45) is 0.586. The number of fused-ring (bicyclic) bond motifs is 1. The van der Waals surface area contributed by atoms with Crippen molar-refractivity contribution < 1.29 is 14.6 Å². The Kier molecular flexibility index (Phi) is 6.58. The van der Waals surface area contributed by atoms with E-state index in [1.807, 2.05) is 38.1 Å². The number of ether oxygens (including phenoxy) is 1. The Labute approximate surface area is 152 Å². The van der Waals surface area contributed by atoms with Crippen molar-refractivity contribution in [3.63, 3.8) is 0 Å². The second kappa shape index (κ2) is 8.47. The van der Waals surface area contributed by atoms with Crippen molar-refractivity contribution in [1.82, 2.24) is 4.98 Å². The molecule has 2 rings (SSSR count). The van der Waals surface area contributed by atoms with Gasteiger partial charge in [-0.25, -0.2) is 4.98 Å². The highest BCUT2D eigenvalue weighted by atomic mass is 35.5. The van der Waals surface area contributed by atoms with E-state index in [0.29, 0.717) is 36.5 Å². The van der Waals surface area contributed by atoms with Gasteiger partial charge in [0.05, 0.1) is 16.8 Å². The molecule has 1 unspecified atom stereocenters. The maximum atomic E-state index is 12.1. The average molecular weight is 366 g/mol. The number of hydrogen-bond acceptors (Lipinski definition) is 5. The standard InChI is InChI=1S/C18H24ClN3O3/c1-4-18(3,24)11-20-15-12-8-6-7-9-13(12)21-17(19)16(15)22-14(23)10-25-5-2/h6-9,24H,4-5,10-11H2,1-3H3,(H,20,21)(H,22,23). The molecule has 3 N–H and O–H groups in total. The molecule has 0 radical (unpaired) electrons. The molecular weight excluding hydrogens is 342 g/mol. The lowest BCUT2D eigenvalue weighted by atomic mass is 10.0. The number of para-hydroxylation sites is 1. The Morgan fingerprint density at radius 3 is 2.72 bits per heavy atom. The number of aliphatic hydroxyl groups is 1. The Morgan fingerprint density at radius 1 is 1.32 bits per heavy atom. The van der Waals surface area contributed by atoms with Crippen LogP contribution in [-0.4, -0.2) is 41.4 Å². The van der Waals surface area contributed by atoms with Crippen molar-refractivity contribution in [2.24, 2.45) is 0 Å². The van der Waals surface area contributed by atoms with Gasteiger partial charge in [0, 0.05) is 18.5 Å². The zero-order valence-electron chi connectivity index (χ0n) is 14.7. The van der Waals surface area contributed by atoms with Gasteiger partial charge in [-0.2, -0.15) is 0 Å². The lowest BCUT2D eigenvalue weighted by molar-refractivity contribution is -0.120. The first-order chi connectivity index (χ1) is 11.9. The number of nitrogens with one attached hydrogen (secondary N) is 2. The van der Waals surface area contributed by atoms with Gasteiger partial charge in [-0.3, -0.25) is 4.79 Å². The molecule has 0 saturated heterocycles. The van der Waals surface area contributed by atoms with Crippen LogP contribution in [0, 0.1) is 0 Å². The molecule has 7 heteroatoms. The highest BCUT2D eigenvalue weighted by Gasteiger charge is 2.21. The normalized spacial score (nSPS) is 13.5. The average Bonchev–Trinajstić information content (AvgIpc) is 2.59. The van der Waals surface area contributed by atoms with Crippen LogP contribution in [0.5, 0.6) is 0 Å². The predicted molar refractivity (Wildman–Crippen MR) is 101 cm³/mol. The van der Waals surface area contributed by atoms with Gasteiger partial charge in [0.15, 0.2) is 5.15 Å². The van der Waals surface area contributed by atoms with E-state index in [1.54, 1.807) is 6.92 Å². The van der Waals surface area contributed by atoms with E-state index >= 15 is 0 Å². The molecule has 25 heavy (non-hydrogen) atoms. The third-order valence-electron chi connectivity index (χ3n) is 3.96. The van der Waals surface area contributed by atoms with Crippen LogP contribution >= 0.6 is 11.6 Å². The largest absolute Gasteiger partial charge is 0.388 e. The second-order valence-corrected chi connectivity index (χ2v) is 6.42. The number of benzene rings is 1. The summed E-state index contributed by atoms with van der Waals surface area (Å²) in [6, 6.07) is 7.48. The quantitative estimate of drug-likeness (QED) is 0.624. The number of carbonyl (C=O) groups excluding carboxylic acids is 1. The number of amides is 1. The fourth-order valence-corrected chi connectivity index (χ4v) is 2.49. The summed E-state index contributed by atoms with van der Waals surface area (Å²) in [5, 5.41) is 17.3. The predicted octanol–water partition coefficient (Wildman–Crippen LogP) is 3.44. The lowest BCUT2D eigenvalue weighted by Gasteiger charge is -2.24. The molecule has 2 aromatic rings. The number of pyridine rings is 1. The van der Waals surface area contributed by atoms with E-state index < -0.39 is 5.60 Å². The van der Waals surface area contributed by atoms with Gasteiger partial charge in [0.1, 0.15) is 12.3 Å². The Bertz CT molecular complexity index is 750. The SMILES string of the molecule is CCOCC(=O)Nc1c(Cl)nc2ccccc2c1NCC(C)(O)CC. The van der Waals surface area contributed by atoms with Crippen LogP contribution < -0.4 is 10.6 Å². The summed E-state index contributed by atoms with van der Waals surface area (Å²) in [5.74, 6) is -0.314. The fraction of sp³-hybridized carbons (Fsp3) is 0.444. The fourth-order valence-electron chi connectivity index (χ4n) is 2.25. The van der Waals surface area contributed by atoms with Crippen molar-refractivity contribution in [1.29, 1.82) is 0 Å². The second-order valence-electron chi connectivity index (χ2n) is 6.06. The zero-order chi connectivity index (χ0) is 18.4. The van der Waals surface area contributed by atoms with Crippen molar-refractivity contribution in [3.8, 4) is 0 Å². The number of carbonyl (C=O) groups is 1. The van der Waals surface area contributed by atoms with Crippen LogP contribution in [0.3, 0.4) is 0 Å². The number of hydrogen-bond donors (Lipinski definition) is 3. The van der Waals surface area contributed by atoms with Crippen LogP contribution in [0.2, 0.25) is 5.15 Å². The molecule has 1 aromatic heterocycles. The maximum absolute atomic E-state index is 12.1. The first kappa shape index (κ1) is 19.4. The van der Waals surface area contributed by atoms with Crippen molar-refractivity contribution in [2.75, 3.05) is 30.4 Å². The maximum Gasteiger partial charge on any atom is 0.250 e. The molecule has 1 amide bonds. The van der Waals surface area contributed by atoms with Crippen molar-refractivity contribution >= 4 is 39.8 Å². The first-order valence-corrected chi connectivity index (χ1v) is 8.68. The minimum Gasteiger partial charge on any atom is -0.388 e. The van der Waals surface area contributed by atoms with E-state index in [2.05, 4.69) is 15.6 Å². The molecule has 6 nitrogen and oxygen atoms in total. The molecule has 0 bridgehead atoms. The van der Waals surface area contributed by atoms with E-state index in [9.17, 15) is 9.90 Å². The van der Waals surface area contributed by atoms with E-state index in [-0.39, 0.29) is 17.7 Å². The van der Waals surface area contributed by atoms with Crippen molar-refractivity contribution in [3.05, 3.63) is 29.4 Å². The van der Waals surface area contributed by atoms with Gasteiger partial charge < -0.3 is 20.5 Å². The molecule has 0 aliphatic heterocycles. The summed E-state index contributed by atoms with van der Waals surface area (Å²) in [5.41, 5.74) is 0.837. The number of aromatic nitrogens is 1. The van der Waals surface area contributed by atoms with E-state index in [0.717, 1.165) is 5.39 Å². The molecule has 0 fully saturated rings. The van der Waals surface area contributed by atoms with Crippen LogP contribution in [0.4, 0.5) is 11.4 Å².